The first-order chi connectivity index (χ1) is 11.6. The lowest BCUT2D eigenvalue weighted by molar-refractivity contribution is -0.120. The van der Waals surface area contributed by atoms with Crippen molar-refractivity contribution in [2.45, 2.75) is 27.4 Å². The number of hydrogen-bond acceptors (Lipinski definition) is 8. The van der Waals surface area contributed by atoms with Crippen molar-refractivity contribution in [1.82, 2.24) is 15.5 Å². The van der Waals surface area contributed by atoms with Crippen LogP contribution in [0.2, 0.25) is 0 Å². The Hall–Kier alpha value is -1.45. The van der Waals surface area contributed by atoms with E-state index >= 15 is 0 Å². The highest BCUT2D eigenvalue weighted by atomic mass is 32.2. The fraction of sp³-hybridized carbons (Fsp3) is 0.400. The van der Waals surface area contributed by atoms with Crippen molar-refractivity contribution in [2.24, 2.45) is 0 Å². The Bertz CT molecular complexity index is 694. The summed E-state index contributed by atoms with van der Waals surface area (Å²) in [6, 6.07) is 5.57. The van der Waals surface area contributed by atoms with E-state index in [4.69, 9.17) is 9.47 Å². The molecule has 0 bridgehead atoms. The molecule has 24 heavy (non-hydrogen) atoms. The summed E-state index contributed by atoms with van der Waals surface area (Å²) in [5.41, 5.74) is 0.943. The summed E-state index contributed by atoms with van der Waals surface area (Å²) in [4.78, 5) is 12.2. The topological polar surface area (TPSA) is 73.3 Å². The monoisotopic (exact) mass is 385 g/mol. The maximum Gasteiger partial charge on any atom is 0.233 e. The normalized spacial score (nSPS) is 11.8. The van der Waals surface area contributed by atoms with Gasteiger partial charge in [-0.05, 0) is 30.9 Å². The molecule has 130 valence electrons. The molecule has 0 saturated carbocycles. The van der Waals surface area contributed by atoms with Gasteiger partial charge in [-0.25, -0.2) is 0 Å². The van der Waals surface area contributed by atoms with E-state index < -0.39 is 0 Å². The largest absolute Gasteiger partial charge is 0.493 e. The fourth-order valence-corrected chi connectivity index (χ4v) is 4.46. The summed E-state index contributed by atoms with van der Waals surface area (Å²) in [6.07, 6.45) is 1.95. The van der Waals surface area contributed by atoms with Crippen molar-refractivity contribution in [3.05, 3.63) is 23.8 Å². The second-order valence-electron chi connectivity index (χ2n) is 4.71. The number of carbonyl (C=O) groups is 1. The molecule has 1 atom stereocenters. The molecule has 2 rings (SSSR count). The number of methoxy groups -OCH3 is 2. The van der Waals surface area contributed by atoms with E-state index in [0.717, 1.165) is 14.2 Å². The van der Waals surface area contributed by atoms with Gasteiger partial charge in [0.05, 0.1) is 19.5 Å². The molecule has 2 aromatic rings. The number of thioether (sulfide) groups is 2. The molecule has 0 saturated heterocycles. The predicted molar refractivity (Wildman–Crippen MR) is 98.4 cm³/mol. The molecule has 6 nitrogen and oxygen atoms in total. The van der Waals surface area contributed by atoms with E-state index in [1.165, 1.54) is 23.1 Å². The second-order valence-corrected chi connectivity index (χ2v) is 8.32. The molecule has 1 amide bonds. The average molecular weight is 386 g/mol. The first kappa shape index (κ1) is 18.9. The van der Waals surface area contributed by atoms with Crippen LogP contribution in [-0.2, 0) is 11.3 Å². The lowest BCUT2D eigenvalue weighted by atomic mass is 10.2. The van der Waals surface area contributed by atoms with Crippen LogP contribution >= 0.6 is 34.9 Å². The van der Waals surface area contributed by atoms with Crippen molar-refractivity contribution >= 4 is 40.8 Å². The maximum atomic E-state index is 12.2. The zero-order valence-corrected chi connectivity index (χ0v) is 16.3. The lowest BCUT2D eigenvalue weighted by Crippen LogP contribution is -2.30. The quantitative estimate of drug-likeness (QED) is 0.700. The predicted octanol–water partition coefficient (Wildman–Crippen LogP) is 3.07. The summed E-state index contributed by atoms with van der Waals surface area (Å²) in [5, 5.41) is 10.8. The number of nitrogens with zero attached hydrogens (tertiary/aromatic N) is 2. The number of benzene rings is 1. The van der Waals surface area contributed by atoms with Crippen LogP contribution in [0.4, 0.5) is 0 Å². The zero-order chi connectivity index (χ0) is 17.5. The van der Waals surface area contributed by atoms with Crippen molar-refractivity contribution in [3.8, 4) is 11.5 Å². The van der Waals surface area contributed by atoms with E-state index in [9.17, 15) is 4.79 Å². The summed E-state index contributed by atoms with van der Waals surface area (Å²) < 4.78 is 12.2. The highest BCUT2D eigenvalue weighted by Gasteiger charge is 2.17. The first-order valence-electron chi connectivity index (χ1n) is 7.10. The molecule has 1 N–H and O–H groups in total. The third-order valence-corrected chi connectivity index (χ3v) is 6.21. The van der Waals surface area contributed by atoms with Crippen LogP contribution in [-0.4, -0.2) is 41.8 Å². The summed E-state index contributed by atoms with van der Waals surface area (Å²) in [5.74, 6) is 1.26. The standard InChI is InChI=1S/C15H19N3O3S3/c1-9(23-15-18-17-14(22-4)24-15)13(19)16-8-10-5-6-11(20-2)12(7-10)21-3/h5-7,9H,8H2,1-4H3,(H,16,19)/t9-/m1/s1. The second kappa shape index (κ2) is 9.14. The van der Waals surface area contributed by atoms with Crippen LogP contribution in [0.1, 0.15) is 12.5 Å². The van der Waals surface area contributed by atoms with Gasteiger partial charge in [-0.15, -0.1) is 10.2 Å². The van der Waals surface area contributed by atoms with Gasteiger partial charge in [-0.2, -0.15) is 0 Å². The minimum absolute atomic E-state index is 0.0457. The molecule has 0 unspecified atom stereocenters. The van der Waals surface area contributed by atoms with Crippen LogP contribution < -0.4 is 14.8 Å². The Labute approximate surface area is 153 Å². The van der Waals surface area contributed by atoms with Gasteiger partial charge >= 0.3 is 0 Å². The van der Waals surface area contributed by atoms with E-state index in [1.54, 1.807) is 26.0 Å². The van der Waals surface area contributed by atoms with Gasteiger partial charge in [-0.3, -0.25) is 4.79 Å². The third-order valence-electron chi connectivity index (χ3n) is 3.12. The van der Waals surface area contributed by atoms with Crippen LogP contribution in [0.15, 0.2) is 26.9 Å². The van der Waals surface area contributed by atoms with Crippen molar-refractivity contribution in [1.29, 1.82) is 0 Å². The molecular formula is C15H19N3O3S3. The Balaban J connectivity index is 1.90. The van der Waals surface area contributed by atoms with Gasteiger partial charge in [0.2, 0.25) is 5.91 Å². The molecule has 0 aliphatic carbocycles. The van der Waals surface area contributed by atoms with Gasteiger partial charge in [-0.1, -0.05) is 40.9 Å². The lowest BCUT2D eigenvalue weighted by Gasteiger charge is -2.12. The number of nitrogens with one attached hydrogen (secondary N) is 1. The highest BCUT2D eigenvalue weighted by Crippen LogP contribution is 2.30. The smallest absolute Gasteiger partial charge is 0.233 e. The molecule has 9 heteroatoms. The van der Waals surface area contributed by atoms with E-state index in [2.05, 4.69) is 15.5 Å². The van der Waals surface area contributed by atoms with Gasteiger partial charge in [0.15, 0.2) is 20.2 Å². The summed E-state index contributed by atoms with van der Waals surface area (Å²) in [7, 11) is 3.18. The molecular weight excluding hydrogens is 366 g/mol. The Morgan fingerprint density at radius 3 is 2.58 bits per heavy atom. The number of aromatic nitrogens is 2. The van der Waals surface area contributed by atoms with E-state index in [1.807, 2.05) is 31.4 Å². The van der Waals surface area contributed by atoms with E-state index in [0.29, 0.717) is 18.0 Å². The maximum absolute atomic E-state index is 12.2. The Morgan fingerprint density at radius 2 is 1.96 bits per heavy atom. The summed E-state index contributed by atoms with van der Waals surface area (Å²) >= 11 is 4.45. The number of amides is 1. The number of rotatable bonds is 8. The first-order valence-corrected chi connectivity index (χ1v) is 10.0. The molecule has 0 radical (unpaired) electrons. The number of hydrogen-bond donors (Lipinski definition) is 1. The van der Waals surface area contributed by atoms with Crippen LogP contribution in [0, 0.1) is 0 Å². The molecule has 1 aromatic heterocycles. The number of ether oxygens (including phenoxy) is 2. The third kappa shape index (κ3) is 5.02. The van der Waals surface area contributed by atoms with Gasteiger partial charge in [0.25, 0.3) is 0 Å². The van der Waals surface area contributed by atoms with Crippen molar-refractivity contribution in [2.75, 3.05) is 20.5 Å². The molecule has 1 aromatic carbocycles. The summed E-state index contributed by atoms with van der Waals surface area (Å²) in [6.45, 7) is 2.28. The molecule has 1 heterocycles. The van der Waals surface area contributed by atoms with E-state index in [-0.39, 0.29) is 11.2 Å². The molecule has 0 fully saturated rings. The van der Waals surface area contributed by atoms with Crippen molar-refractivity contribution in [3.63, 3.8) is 0 Å². The molecule has 0 spiro atoms. The van der Waals surface area contributed by atoms with Gasteiger partial charge in [0.1, 0.15) is 0 Å². The van der Waals surface area contributed by atoms with Crippen LogP contribution in [0.25, 0.3) is 0 Å². The van der Waals surface area contributed by atoms with Gasteiger partial charge < -0.3 is 14.8 Å². The zero-order valence-electron chi connectivity index (χ0n) is 13.9. The fourth-order valence-electron chi connectivity index (χ4n) is 1.86. The van der Waals surface area contributed by atoms with Crippen LogP contribution in [0.5, 0.6) is 11.5 Å². The Kier molecular flexibility index (Phi) is 7.19. The molecule has 0 aliphatic rings. The van der Waals surface area contributed by atoms with Gasteiger partial charge in [0, 0.05) is 6.54 Å². The highest BCUT2D eigenvalue weighted by molar-refractivity contribution is 8.03. The SMILES string of the molecule is COc1ccc(CNC(=O)[C@@H](C)Sc2nnc(SC)s2)cc1OC. The average Bonchev–Trinajstić information content (AvgIpc) is 3.06. The Morgan fingerprint density at radius 1 is 1.25 bits per heavy atom. The molecule has 0 aliphatic heterocycles. The minimum Gasteiger partial charge on any atom is -0.493 e. The number of carbonyl (C=O) groups excluding carboxylic acids is 1. The minimum atomic E-state index is -0.243. The van der Waals surface area contributed by atoms with Crippen LogP contribution in [0.3, 0.4) is 0 Å². The van der Waals surface area contributed by atoms with Crippen molar-refractivity contribution < 1.29 is 14.3 Å².